The molecule has 0 saturated carbocycles. The monoisotopic (exact) mass is 608 g/mol. The van der Waals surface area contributed by atoms with E-state index in [4.69, 9.17) is 4.74 Å². The topological polar surface area (TPSA) is 150 Å². The summed E-state index contributed by atoms with van der Waals surface area (Å²) < 4.78 is 73.3. The molecule has 3 aromatic rings. The number of alkyl halides is 3. The number of benzene rings is 2. The minimum absolute atomic E-state index is 0.0632. The number of nitrogens with zero attached hydrogens (tertiary/aromatic N) is 3. The number of sulfonamides is 1. The maximum absolute atomic E-state index is 13.3. The summed E-state index contributed by atoms with van der Waals surface area (Å²) in [5.74, 6) is 0.673. The number of amides is 2. The fourth-order valence-corrected chi connectivity index (χ4v) is 4.93. The Morgan fingerprint density at radius 3 is 2.71 bits per heavy atom. The number of hydrogen-bond donors (Lipinski definition) is 5. The highest BCUT2D eigenvalue weighted by atomic mass is 32.2. The second-order valence-electron chi connectivity index (χ2n) is 9.57. The largest absolute Gasteiger partial charge is 0.490 e. The molecule has 1 aromatic heterocycles. The minimum Gasteiger partial charge on any atom is -0.490 e. The maximum atomic E-state index is 13.3. The number of fused-ring (bicyclic) bond motifs is 4. The van der Waals surface area contributed by atoms with Crippen molar-refractivity contribution in [3.05, 3.63) is 59.8 Å². The zero-order valence-electron chi connectivity index (χ0n) is 22.9. The predicted molar refractivity (Wildman–Crippen MR) is 151 cm³/mol. The van der Waals surface area contributed by atoms with Crippen LogP contribution >= 0.6 is 0 Å². The molecule has 0 radical (unpaired) electrons. The van der Waals surface area contributed by atoms with Crippen molar-refractivity contribution in [1.82, 2.24) is 24.9 Å². The summed E-state index contributed by atoms with van der Waals surface area (Å²) in [5.41, 5.74) is -0.118. The molecule has 0 atom stereocenters. The van der Waals surface area contributed by atoms with E-state index in [1.165, 1.54) is 24.4 Å². The molecule has 4 rings (SSSR count). The van der Waals surface area contributed by atoms with Gasteiger partial charge in [0, 0.05) is 43.6 Å². The number of halogens is 3. The van der Waals surface area contributed by atoms with E-state index in [0.717, 1.165) is 12.1 Å². The van der Waals surface area contributed by atoms with Gasteiger partial charge in [0.05, 0.1) is 16.1 Å². The second kappa shape index (κ2) is 13.2. The first-order valence-corrected chi connectivity index (χ1v) is 14.4. The Balaban J connectivity index is 1.49. The lowest BCUT2D eigenvalue weighted by Gasteiger charge is -2.17. The molecular weight excluding hydrogens is 577 g/mol. The third-order valence-electron chi connectivity index (χ3n) is 5.99. The van der Waals surface area contributed by atoms with Crippen molar-refractivity contribution in [2.75, 3.05) is 56.3 Å². The Morgan fingerprint density at radius 1 is 1.14 bits per heavy atom. The third-order valence-corrected chi connectivity index (χ3v) is 7.45. The van der Waals surface area contributed by atoms with Crippen molar-refractivity contribution < 1.29 is 31.1 Å². The number of ether oxygens (including phenoxy) is 1. The molecule has 1 aliphatic heterocycles. The fraction of sp³-hybridized carbons (Fsp3) is 0.346. The quantitative estimate of drug-likeness (QED) is 0.271. The van der Waals surface area contributed by atoms with Crippen molar-refractivity contribution in [3.8, 4) is 5.75 Å². The molecule has 2 heterocycles. The fourth-order valence-electron chi connectivity index (χ4n) is 3.81. The summed E-state index contributed by atoms with van der Waals surface area (Å²) in [4.78, 5) is 23.4. The molecule has 0 fully saturated rings. The van der Waals surface area contributed by atoms with Crippen LogP contribution in [-0.2, 0) is 22.7 Å². The molecule has 16 heteroatoms. The predicted octanol–water partition coefficient (Wildman–Crippen LogP) is 3.60. The lowest BCUT2D eigenvalue weighted by atomic mass is 10.2. The van der Waals surface area contributed by atoms with E-state index in [2.05, 4.69) is 36.0 Å². The Bertz CT molecular complexity index is 1520. The number of nitrogens with one attached hydrogen (secondary N) is 5. The van der Waals surface area contributed by atoms with Crippen molar-refractivity contribution in [2.24, 2.45) is 0 Å². The SMILES string of the molecule is CN(C)CCOc1ccc(C(F)(F)F)cc1NC(=O)NCc1cnc2nc1NCCCNS(=O)(=O)c1cccc(c1)N2. The minimum atomic E-state index is -4.61. The van der Waals surface area contributed by atoms with Crippen molar-refractivity contribution in [3.63, 3.8) is 0 Å². The highest BCUT2D eigenvalue weighted by molar-refractivity contribution is 7.89. The van der Waals surface area contributed by atoms with Gasteiger partial charge in [0.15, 0.2) is 0 Å². The molecule has 4 bridgehead atoms. The summed E-state index contributed by atoms with van der Waals surface area (Å²) >= 11 is 0. The number of rotatable bonds is 7. The van der Waals surface area contributed by atoms with E-state index in [0.29, 0.717) is 36.6 Å². The number of likely N-dealkylation sites (N-methyl/N-ethyl adjacent to an activating group) is 1. The molecule has 0 spiro atoms. The van der Waals surface area contributed by atoms with E-state index in [-0.39, 0.29) is 42.0 Å². The molecule has 0 aliphatic carbocycles. The van der Waals surface area contributed by atoms with Crippen LogP contribution in [0.5, 0.6) is 5.75 Å². The molecule has 226 valence electrons. The van der Waals surface area contributed by atoms with Gasteiger partial charge in [-0.1, -0.05) is 6.07 Å². The molecule has 0 saturated heterocycles. The molecule has 1 aliphatic rings. The highest BCUT2D eigenvalue weighted by Gasteiger charge is 2.31. The van der Waals surface area contributed by atoms with Crippen molar-refractivity contribution in [2.45, 2.75) is 24.0 Å². The van der Waals surface area contributed by atoms with E-state index in [1.54, 1.807) is 12.1 Å². The van der Waals surface area contributed by atoms with Crippen LogP contribution in [0.4, 0.5) is 41.1 Å². The van der Waals surface area contributed by atoms with Crippen LogP contribution in [0, 0.1) is 0 Å². The van der Waals surface area contributed by atoms with Gasteiger partial charge >= 0.3 is 12.2 Å². The standard InChI is InChI=1S/C26H31F3N8O4S/c1-37(2)11-12-41-22-8-7-18(26(27,28)29)13-21(22)35-25(38)32-16-17-15-31-24-34-19-5-3-6-20(14-19)42(39,40)33-10-4-9-30-23(17)36-24/h3,5-8,13-15,33H,4,9-12,16H2,1-2H3,(H2,32,35,38)(H2,30,31,34,36). The summed E-state index contributed by atoms with van der Waals surface area (Å²) in [5, 5.41) is 11.1. The van der Waals surface area contributed by atoms with Crippen LogP contribution in [0.15, 0.2) is 53.6 Å². The average molecular weight is 609 g/mol. The summed E-state index contributed by atoms with van der Waals surface area (Å²) in [6.07, 6.45) is -2.69. The first-order valence-electron chi connectivity index (χ1n) is 12.9. The lowest BCUT2D eigenvalue weighted by Crippen LogP contribution is -2.29. The number of aromatic nitrogens is 2. The van der Waals surface area contributed by atoms with Gasteiger partial charge in [-0.15, -0.1) is 0 Å². The van der Waals surface area contributed by atoms with Gasteiger partial charge in [-0.2, -0.15) is 18.2 Å². The Hall–Kier alpha value is -4.15. The molecular formula is C26H31F3N8O4S. The van der Waals surface area contributed by atoms with Crippen LogP contribution in [0.25, 0.3) is 0 Å². The number of urea groups is 1. The maximum Gasteiger partial charge on any atom is 0.416 e. The van der Waals surface area contributed by atoms with Gasteiger partial charge in [0.2, 0.25) is 16.0 Å². The van der Waals surface area contributed by atoms with Gasteiger partial charge in [-0.3, -0.25) is 0 Å². The smallest absolute Gasteiger partial charge is 0.416 e. The van der Waals surface area contributed by atoms with Crippen molar-refractivity contribution in [1.29, 1.82) is 0 Å². The van der Waals surface area contributed by atoms with Gasteiger partial charge in [0.1, 0.15) is 18.2 Å². The van der Waals surface area contributed by atoms with E-state index < -0.39 is 27.8 Å². The summed E-state index contributed by atoms with van der Waals surface area (Å²) in [7, 11) is -0.0440. The van der Waals surface area contributed by atoms with E-state index in [9.17, 15) is 26.4 Å². The van der Waals surface area contributed by atoms with Crippen LogP contribution in [-0.4, -0.2) is 69.7 Å². The zero-order valence-corrected chi connectivity index (χ0v) is 23.7. The van der Waals surface area contributed by atoms with Gasteiger partial charge < -0.3 is 30.9 Å². The number of hydrogen-bond acceptors (Lipinski definition) is 9. The molecule has 42 heavy (non-hydrogen) atoms. The number of anilines is 4. The Kier molecular flexibility index (Phi) is 9.70. The second-order valence-corrected chi connectivity index (χ2v) is 11.3. The van der Waals surface area contributed by atoms with Crippen LogP contribution in [0.2, 0.25) is 0 Å². The Labute approximate surface area is 241 Å². The van der Waals surface area contributed by atoms with Crippen LogP contribution in [0.1, 0.15) is 17.5 Å². The summed E-state index contributed by atoms with van der Waals surface area (Å²) in [6.45, 7) is 1.19. The van der Waals surface area contributed by atoms with Crippen LogP contribution in [0.3, 0.4) is 0 Å². The molecule has 0 unspecified atom stereocenters. The molecule has 2 amide bonds. The van der Waals surface area contributed by atoms with E-state index >= 15 is 0 Å². The third kappa shape index (κ3) is 8.43. The highest BCUT2D eigenvalue weighted by Crippen LogP contribution is 2.35. The van der Waals surface area contributed by atoms with Gasteiger partial charge in [-0.05, 0) is 56.9 Å². The van der Waals surface area contributed by atoms with Crippen LogP contribution < -0.4 is 30.7 Å². The lowest BCUT2D eigenvalue weighted by molar-refractivity contribution is -0.137. The number of carbonyl (C=O) groups excluding carboxylic acids is 1. The van der Waals surface area contributed by atoms with E-state index in [1.807, 2.05) is 19.0 Å². The normalized spacial score (nSPS) is 14.8. The average Bonchev–Trinajstić information content (AvgIpc) is 2.92. The van der Waals surface area contributed by atoms with Gasteiger partial charge in [-0.25, -0.2) is 22.9 Å². The van der Waals surface area contributed by atoms with Crippen molar-refractivity contribution >= 4 is 39.2 Å². The summed E-state index contributed by atoms with van der Waals surface area (Å²) in [6, 6.07) is 8.31. The molecule has 12 nitrogen and oxygen atoms in total. The number of carbonyl (C=O) groups is 1. The first-order chi connectivity index (χ1) is 19.9. The first kappa shape index (κ1) is 30.8. The zero-order chi connectivity index (χ0) is 30.3. The molecule has 2 aromatic carbocycles. The Morgan fingerprint density at radius 2 is 1.95 bits per heavy atom. The van der Waals surface area contributed by atoms with Gasteiger partial charge in [0.25, 0.3) is 0 Å². The molecule has 5 N–H and O–H groups in total.